The fraction of sp³-hybridized carbons (Fsp3) is 0.609. The number of hydrogen-bond donors (Lipinski definition) is 1. The van der Waals surface area contributed by atoms with Crippen LogP contribution in [0.1, 0.15) is 45.8 Å². The lowest BCUT2D eigenvalue weighted by molar-refractivity contribution is -0.133. The van der Waals surface area contributed by atoms with Gasteiger partial charge in [-0.3, -0.25) is 9.89 Å². The van der Waals surface area contributed by atoms with Gasteiger partial charge in [-0.1, -0.05) is 13.8 Å². The molecule has 0 radical (unpaired) electrons. The van der Waals surface area contributed by atoms with Crippen molar-refractivity contribution in [3.63, 3.8) is 0 Å². The van der Waals surface area contributed by atoms with Crippen LogP contribution in [0.15, 0.2) is 18.2 Å². The molecule has 31 heavy (non-hydrogen) atoms. The maximum Gasteiger partial charge on any atom is 0.230 e. The highest BCUT2D eigenvalue weighted by molar-refractivity contribution is 5.78. The first-order chi connectivity index (χ1) is 14.8. The molecule has 3 rings (SSSR count). The molecule has 0 aliphatic carbocycles. The second-order valence-electron chi connectivity index (χ2n) is 8.83. The van der Waals surface area contributed by atoms with Crippen molar-refractivity contribution in [3.05, 3.63) is 29.8 Å². The number of carbonyl (C=O) groups is 1. The largest absolute Gasteiger partial charge is 0.493 e. The highest BCUT2D eigenvalue weighted by Gasteiger charge is 2.31. The minimum atomic E-state index is 0.0617. The molecule has 1 atom stereocenters. The van der Waals surface area contributed by atoms with Crippen LogP contribution >= 0.6 is 0 Å². The second kappa shape index (κ2) is 10.0. The number of ether oxygens (including phenoxy) is 2. The highest BCUT2D eigenvalue weighted by atomic mass is 16.5. The molecular weight excluding hydrogens is 394 g/mol. The Morgan fingerprint density at radius 2 is 2.00 bits per heavy atom. The smallest absolute Gasteiger partial charge is 0.230 e. The van der Waals surface area contributed by atoms with Crippen molar-refractivity contribution in [1.82, 2.24) is 20.1 Å². The van der Waals surface area contributed by atoms with E-state index in [-0.39, 0.29) is 24.5 Å². The molecule has 2 heterocycles. The lowest BCUT2D eigenvalue weighted by atomic mass is 9.99. The number of piperazine rings is 1. The molecule has 1 aliphatic heterocycles. The average Bonchev–Trinajstić information content (AvgIpc) is 3.11. The normalized spacial score (nSPS) is 16.8. The first-order valence-electron chi connectivity index (χ1n) is 11.0. The van der Waals surface area contributed by atoms with E-state index in [1.165, 1.54) is 0 Å². The standard InChI is InChI=1S/C23H35N5O3/c1-15(2)11-19-14-27(18-7-8-20(30-6)21(12-18)31-16(3)4)9-10-28(19)23(29)13-22-24-17(5)25-26-22/h7-8,12,15-16,19H,9-11,13-14H2,1-6H3,(H,24,25,26)/t19-/m0/s1. The zero-order valence-corrected chi connectivity index (χ0v) is 19.5. The molecule has 1 aromatic carbocycles. The van der Waals surface area contributed by atoms with E-state index in [0.29, 0.717) is 18.3 Å². The number of rotatable bonds is 8. The number of carbonyl (C=O) groups excluding carboxylic acids is 1. The summed E-state index contributed by atoms with van der Waals surface area (Å²) in [5, 5.41) is 6.94. The topological polar surface area (TPSA) is 83.6 Å². The van der Waals surface area contributed by atoms with E-state index < -0.39 is 0 Å². The van der Waals surface area contributed by atoms with Crippen LogP contribution in [0.5, 0.6) is 11.5 Å². The average molecular weight is 430 g/mol. The van der Waals surface area contributed by atoms with Crippen molar-refractivity contribution in [2.24, 2.45) is 5.92 Å². The Hall–Kier alpha value is -2.77. The van der Waals surface area contributed by atoms with Crippen LogP contribution in [0.25, 0.3) is 0 Å². The quantitative estimate of drug-likeness (QED) is 0.694. The zero-order chi connectivity index (χ0) is 22.5. The van der Waals surface area contributed by atoms with E-state index in [0.717, 1.165) is 42.5 Å². The molecule has 8 heteroatoms. The molecule has 1 saturated heterocycles. The summed E-state index contributed by atoms with van der Waals surface area (Å²) in [6.07, 6.45) is 1.24. The molecule has 0 saturated carbocycles. The van der Waals surface area contributed by atoms with Gasteiger partial charge in [0.05, 0.1) is 19.6 Å². The van der Waals surface area contributed by atoms with Crippen molar-refractivity contribution in [1.29, 1.82) is 0 Å². The van der Waals surface area contributed by atoms with Gasteiger partial charge in [-0.15, -0.1) is 0 Å². The van der Waals surface area contributed by atoms with Crippen LogP contribution < -0.4 is 14.4 Å². The van der Waals surface area contributed by atoms with Gasteiger partial charge < -0.3 is 19.3 Å². The number of aromatic amines is 1. The van der Waals surface area contributed by atoms with Gasteiger partial charge in [0.1, 0.15) is 5.82 Å². The molecular formula is C23H35N5O3. The summed E-state index contributed by atoms with van der Waals surface area (Å²) in [5.41, 5.74) is 1.09. The summed E-state index contributed by atoms with van der Waals surface area (Å²) < 4.78 is 11.4. The fourth-order valence-electron chi connectivity index (χ4n) is 4.08. The lowest BCUT2D eigenvalue weighted by Gasteiger charge is -2.43. The Balaban J connectivity index is 1.76. The van der Waals surface area contributed by atoms with E-state index in [9.17, 15) is 4.79 Å². The van der Waals surface area contributed by atoms with Crippen LogP contribution in [0.3, 0.4) is 0 Å². The number of benzene rings is 1. The summed E-state index contributed by atoms with van der Waals surface area (Å²) in [6.45, 7) is 12.5. The molecule has 1 fully saturated rings. The number of methoxy groups -OCH3 is 1. The summed E-state index contributed by atoms with van der Waals surface area (Å²) >= 11 is 0. The van der Waals surface area contributed by atoms with Crippen LogP contribution in [-0.4, -0.2) is 64.9 Å². The number of hydrogen-bond acceptors (Lipinski definition) is 6. The first-order valence-corrected chi connectivity index (χ1v) is 11.0. The van der Waals surface area contributed by atoms with Gasteiger partial charge in [-0.2, -0.15) is 5.10 Å². The van der Waals surface area contributed by atoms with Gasteiger partial charge in [-0.05, 0) is 45.2 Å². The van der Waals surface area contributed by atoms with Crippen molar-refractivity contribution in [2.75, 3.05) is 31.6 Å². The van der Waals surface area contributed by atoms with Crippen LogP contribution in [0, 0.1) is 12.8 Å². The van der Waals surface area contributed by atoms with Crippen LogP contribution in [0.2, 0.25) is 0 Å². The van der Waals surface area contributed by atoms with Gasteiger partial charge in [0.25, 0.3) is 0 Å². The van der Waals surface area contributed by atoms with E-state index >= 15 is 0 Å². The number of aromatic nitrogens is 3. The van der Waals surface area contributed by atoms with Gasteiger partial charge in [0.2, 0.25) is 5.91 Å². The Morgan fingerprint density at radius 1 is 1.23 bits per heavy atom. The third-order valence-corrected chi connectivity index (χ3v) is 5.37. The predicted molar refractivity (Wildman–Crippen MR) is 121 cm³/mol. The van der Waals surface area contributed by atoms with Crippen molar-refractivity contribution in [3.8, 4) is 11.5 Å². The third-order valence-electron chi connectivity index (χ3n) is 5.37. The van der Waals surface area contributed by atoms with Gasteiger partial charge in [0, 0.05) is 37.4 Å². The molecule has 1 N–H and O–H groups in total. The molecule has 1 amide bonds. The maximum absolute atomic E-state index is 13.0. The fourth-order valence-corrected chi connectivity index (χ4v) is 4.08. The first kappa shape index (κ1) is 22.9. The highest BCUT2D eigenvalue weighted by Crippen LogP contribution is 2.34. The molecule has 0 unspecified atom stereocenters. The third kappa shape index (κ3) is 5.89. The number of nitrogens with one attached hydrogen (secondary N) is 1. The van der Waals surface area contributed by atoms with Gasteiger partial charge in [-0.25, -0.2) is 4.98 Å². The molecule has 170 valence electrons. The molecule has 1 aliphatic rings. The minimum absolute atomic E-state index is 0.0617. The number of amides is 1. The Morgan fingerprint density at radius 3 is 2.61 bits per heavy atom. The summed E-state index contributed by atoms with van der Waals surface area (Å²) in [4.78, 5) is 21.7. The Labute approximate surface area is 184 Å². The Kier molecular flexibility index (Phi) is 7.41. The predicted octanol–water partition coefficient (Wildman–Crippen LogP) is 3.21. The van der Waals surface area contributed by atoms with E-state index in [1.807, 2.05) is 37.8 Å². The summed E-state index contributed by atoms with van der Waals surface area (Å²) in [6, 6.07) is 6.19. The number of anilines is 1. The van der Waals surface area contributed by atoms with E-state index in [4.69, 9.17) is 9.47 Å². The Bertz CT molecular complexity index is 880. The van der Waals surface area contributed by atoms with Gasteiger partial charge in [0.15, 0.2) is 17.3 Å². The number of aryl methyl sites for hydroxylation is 1. The van der Waals surface area contributed by atoms with Crippen molar-refractivity contribution >= 4 is 11.6 Å². The van der Waals surface area contributed by atoms with E-state index in [2.05, 4.69) is 40.0 Å². The zero-order valence-electron chi connectivity index (χ0n) is 19.5. The lowest BCUT2D eigenvalue weighted by Crippen LogP contribution is -2.56. The number of nitrogens with zero attached hydrogens (tertiary/aromatic N) is 4. The van der Waals surface area contributed by atoms with Crippen LogP contribution in [0.4, 0.5) is 5.69 Å². The monoisotopic (exact) mass is 429 g/mol. The summed E-state index contributed by atoms with van der Waals surface area (Å²) in [7, 11) is 1.65. The molecule has 2 aromatic rings. The maximum atomic E-state index is 13.0. The van der Waals surface area contributed by atoms with Crippen molar-refractivity contribution < 1.29 is 14.3 Å². The van der Waals surface area contributed by atoms with Crippen LogP contribution in [-0.2, 0) is 11.2 Å². The number of H-pyrrole nitrogens is 1. The molecule has 0 spiro atoms. The van der Waals surface area contributed by atoms with Crippen molar-refractivity contribution in [2.45, 2.75) is 59.6 Å². The molecule has 8 nitrogen and oxygen atoms in total. The second-order valence-corrected chi connectivity index (χ2v) is 8.83. The SMILES string of the molecule is COc1ccc(N2CCN(C(=O)Cc3n[nH]c(C)n3)[C@@H](CC(C)C)C2)cc1OC(C)C. The van der Waals surface area contributed by atoms with Gasteiger partial charge >= 0.3 is 0 Å². The molecule has 1 aromatic heterocycles. The minimum Gasteiger partial charge on any atom is -0.493 e. The van der Waals surface area contributed by atoms with E-state index in [1.54, 1.807) is 7.11 Å². The molecule has 0 bridgehead atoms. The summed E-state index contributed by atoms with van der Waals surface area (Å²) in [5.74, 6) is 3.33.